The molecule has 1 rings (SSSR count). The summed E-state index contributed by atoms with van der Waals surface area (Å²) >= 11 is 5.97. The Hall–Kier alpha value is -2.12. The molecule has 0 aliphatic carbocycles. The molecule has 24 heavy (non-hydrogen) atoms. The third-order valence-electron chi connectivity index (χ3n) is 3.32. The summed E-state index contributed by atoms with van der Waals surface area (Å²) in [5, 5.41) is 8.02. The van der Waals surface area contributed by atoms with Gasteiger partial charge in [-0.05, 0) is 25.5 Å². The predicted molar refractivity (Wildman–Crippen MR) is 93.1 cm³/mol. The largest absolute Gasteiger partial charge is 0.335 e. The van der Waals surface area contributed by atoms with Gasteiger partial charge in [0.15, 0.2) is 13.1 Å². The highest BCUT2D eigenvalue weighted by Gasteiger charge is 2.17. The minimum atomic E-state index is -0.525. The summed E-state index contributed by atoms with van der Waals surface area (Å²) in [5.74, 6) is -0.712. The molecule has 1 aromatic carbocycles. The second-order valence-corrected chi connectivity index (χ2v) is 6.08. The number of anilines is 1. The first-order valence-electron chi connectivity index (χ1n) is 7.77. The van der Waals surface area contributed by atoms with Gasteiger partial charge in [0.1, 0.15) is 0 Å². The number of hydrogen-bond donors (Lipinski definition) is 4. The molecule has 7 nitrogen and oxygen atoms in total. The molecule has 0 radical (unpaired) electrons. The van der Waals surface area contributed by atoms with Crippen molar-refractivity contribution in [2.45, 2.75) is 26.3 Å². The number of carbonyl (C=O) groups is 3. The zero-order valence-electron chi connectivity index (χ0n) is 14.1. The summed E-state index contributed by atoms with van der Waals surface area (Å²) in [6.07, 6.45) is 0.773. The van der Waals surface area contributed by atoms with Crippen LogP contribution in [0.2, 0.25) is 5.02 Å². The highest BCUT2D eigenvalue weighted by Crippen LogP contribution is 2.19. The second-order valence-electron chi connectivity index (χ2n) is 5.67. The van der Waals surface area contributed by atoms with Gasteiger partial charge in [-0.25, -0.2) is 4.79 Å². The maximum absolute atomic E-state index is 12.0. The first-order chi connectivity index (χ1) is 11.3. The number of para-hydroxylation sites is 1. The second kappa shape index (κ2) is 9.89. The molecule has 0 heterocycles. The zero-order chi connectivity index (χ0) is 18.1. The summed E-state index contributed by atoms with van der Waals surface area (Å²) in [6.45, 7) is 3.86. The summed E-state index contributed by atoms with van der Waals surface area (Å²) < 4.78 is 0. The summed E-state index contributed by atoms with van der Waals surface area (Å²) in [6, 6.07) is 6.37. The van der Waals surface area contributed by atoms with Crippen LogP contribution in [0.1, 0.15) is 20.3 Å². The molecular formula is C16H24ClN4O3+. The van der Waals surface area contributed by atoms with Crippen LogP contribution in [0.25, 0.3) is 0 Å². The van der Waals surface area contributed by atoms with Crippen molar-refractivity contribution < 1.29 is 19.3 Å². The predicted octanol–water partition coefficient (Wildman–Crippen LogP) is 0.418. The molecule has 1 aromatic rings. The van der Waals surface area contributed by atoms with Gasteiger partial charge in [-0.3, -0.25) is 14.9 Å². The van der Waals surface area contributed by atoms with Gasteiger partial charge in [0, 0.05) is 6.04 Å². The summed E-state index contributed by atoms with van der Waals surface area (Å²) in [4.78, 5) is 35.9. The molecule has 2 atom stereocenters. The molecule has 0 spiro atoms. The van der Waals surface area contributed by atoms with E-state index in [-0.39, 0.29) is 25.0 Å². The van der Waals surface area contributed by atoms with Crippen molar-refractivity contribution in [3.05, 3.63) is 29.3 Å². The number of amides is 4. The van der Waals surface area contributed by atoms with Gasteiger partial charge in [-0.15, -0.1) is 0 Å². The number of halogens is 1. The topological polar surface area (TPSA) is 91.7 Å². The molecule has 4 amide bonds. The molecular weight excluding hydrogens is 332 g/mol. The number of benzene rings is 1. The molecule has 0 aliphatic heterocycles. The van der Waals surface area contributed by atoms with Crippen LogP contribution in [0.3, 0.4) is 0 Å². The standard InChI is InChI=1S/C16H23ClN4O3/c1-4-11(2)18-16(24)20-15(23)10-21(3)9-14(22)19-13-8-6-5-7-12(13)17/h5-8,11H,4,9-10H2,1-3H3,(H,19,22)(H2,18,20,23,24)/p+1/t11-/m1/s1. The molecule has 0 aromatic heterocycles. The molecule has 0 fully saturated rings. The Labute approximate surface area is 146 Å². The van der Waals surface area contributed by atoms with Crippen molar-refractivity contribution in [2.75, 3.05) is 25.5 Å². The van der Waals surface area contributed by atoms with Gasteiger partial charge in [0.05, 0.1) is 17.8 Å². The Balaban J connectivity index is 2.38. The summed E-state index contributed by atoms with van der Waals surface area (Å²) in [5.41, 5.74) is 0.523. The Morgan fingerprint density at radius 1 is 1.17 bits per heavy atom. The lowest BCUT2D eigenvalue weighted by molar-refractivity contribution is -0.862. The number of urea groups is 1. The first-order valence-corrected chi connectivity index (χ1v) is 8.15. The van der Waals surface area contributed by atoms with Crippen molar-refractivity contribution >= 4 is 35.1 Å². The van der Waals surface area contributed by atoms with E-state index in [4.69, 9.17) is 11.6 Å². The van der Waals surface area contributed by atoms with E-state index in [1.807, 2.05) is 13.8 Å². The molecule has 0 saturated carbocycles. The van der Waals surface area contributed by atoms with Crippen LogP contribution in [-0.2, 0) is 9.59 Å². The Morgan fingerprint density at radius 3 is 2.42 bits per heavy atom. The normalized spacial score (nSPS) is 12.8. The van der Waals surface area contributed by atoms with Crippen LogP contribution in [0.5, 0.6) is 0 Å². The van der Waals surface area contributed by atoms with E-state index in [0.717, 1.165) is 6.42 Å². The van der Waals surface area contributed by atoms with Crippen molar-refractivity contribution in [3.63, 3.8) is 0 Å². The SMILES string of the molecule is CC[C@@H](C)NC(=O)NC(=O)C[NH+](C)CC(=O)Nc1ccccc1Cl. The van der Waals surface area contributed by atoms with Crippen LogP contribution in [0, 0.1) is 0 Å². The fourth-order valence-corrected chi connectivity index (χ4v) is 2.08. The van der Waals surface area contributed by atoms with Crippen LogP contribution in [0.4, 0.5) is 10.5 Å². The molecule has 0 bridgehead atoms. The maximum atomic E-state index is 12.0. The molecule has 8 heteroatoms. The van der Waals surface area contributed by atoms with Crippen LogP contribution >= 0.6 is 11.6 Å². The van der Waals surface area contributed by atoms with E-state index >= 15 is 0 Å². The third-order valence-corrected chi connectivity index (χ3v) is 3.65. The van der Waals surface area contributed by atoms with Gasteiger partial charge in [0.2, 0.25) is 0 Å². The van der Waals surface area contributed by atoms with E-state index < -0.39 is 11.9 Å². The number of carbonyl (C=O) groups excluding carboxylic acids is 3. The van der Waals surface area contributed by atoms with E-state index in [1.165, 1.54) is 0 Å². The molecule has 0 saturated heterocycles. The highest BCUT2D eigenvalue weighted by atomic mass is 35.5. The number of hydrogen-bond acceptors (Lipinski definition) is 3. The molecule has 4 N–H and O–H groups in total. The number of rotatable bonds is 7. The van der Waals surface area contributed by atoms with Crippen LogP contribution in [-0.4, -0.2) is 44.0 Å². The Morgan fingerprint density at radius 2 is 1.79 bits per heavy atom. The van der Waals surface area contributed by atoms with E-state index in [0.29, 0.717) is 15.6 Å². The Bertz CT molecular complexity index is 594. The number of quaternary nitrogens is 1. The molecule has 1 unspecified atom stereocenters. The molecule has 132 valence electrons. The fourth-order valence-electron chi connectivity index (χ4n) is 1.90. The first kappa shape index (κ1) is 19.9. The quantitative estimate of drug-likeness (QED) is 0.571. The van der Waals surface area contributed by atoms with E-state index in [2.05, 4.69) is 16.0 Å². The highest BCUT2D eigenvalue weighted by molar-refractivity contribution is 6.33. The maximum Gasteiger partial charge on any atom is 0.321 e. The van der Waals surface area contributed by atoms with Crippen LogP contribution in [0.15, 0.2) is 24.3 Å². The van der Waals surface area contributed by atoms with Crippen LogP contribution < -0.4 is 20.9 Å². The van der Waals surface area contributed by atoms with Crippen molar-refractivity contribution in [1.29, 1.82) is 0 Å². The average Bonchev–Trinajstić information content (AvgIpc) is 2.48. The van der Waals surface area contributed by atoms with Gasteiger partial charge >= 0.3 is 6.03 Å². The van der Waals surface area contributed by atoms with Gasteiger partial charge in [0.25, 0.3) is 11.8 Å². The van der Waals surface area contributed by atoms with Gasteiger partial charge in [-0.2, -0.15) is 0 Å². The fraction of sp³-hybridized carbons (Fsp3) is 0.438. The lowest BCUT2D eigenvalue weighted by Gasteiger charge is -2.15. The smallest absolute Gasteiger partial charge is 0.321 e. The number of likely N-dealkylation sites (N-methyl/N-ethyl adjacent to an activating group) is 1. The van der Waals surface area contributed by atoms with Crippen molar-refractivity contribution in [1.82, 2.24) is 10.6 Å². The Kier molecular flexibility index (Phi) is 8.21. The number of nitrogens with one attached hydrogen (secondary N) is 4. The monoisotopic (exact) mass is 355 g/mol. The van der Waals surface area contributed by atoms with Crippen molar-refractivity contribution in [2.24, 2.45) is 0 Å². The zero-order valence-corrected chi connectivity index (χ0v) is 14.9. The minimum absolute atomic E-state index is 0.00384. The van der Waals surface area contributed by atoms with Crippen molar-refractivity contribution in [3.8, 4) is 0 Å². The molecule has 0 aliphatic rings. The lowest BCUT2D eigenvalue weighted by Crippen LogP contribution is -3.11. The average molecular weight is 356 g/mol. The number of imide groups is 1. The lowest BCUT2D eigenvalue weighted by atomic mass is 10.3. The van der Waals surface area contributed by atoms with Gasteiger partial charge in [-0.1, -0.05) is 30.7 Å². The van der Waals surface area contributed by atoms with Gasteiger partial charge < -0.3 is 15.5 Å². The minimum Gasteiger partial charge on any atom is -0.335 e. The third kappa shape index (κ3) is 7.43. The van der Waals surface area contributed by atoms with E-state index in [1.54, 1.807) is 31.3 Å². The van der Waals surface area contributed by atoms with E-state index in [9.17, 15) is 14.4 Å². The summed E-state index contributed by atoms with van der Waals surface area (Å²) in [7, 11) is 1.69.